The lowest BCUT2D eigenvalue weighted by atomic mass is 10.2. The van der Waals surface area contributed by atoms with Crippen molar-refractivity contribution in [1.29, 1.82) is 0 Å². The molecule has 8 heteroatoms. The molecule has 0 radical (unpaired) electrons. The first-order valence-electron chi connectivity index (χ1n) is 9.29. The normalized spacial score (nSPS) is 14.0. The second-order valence-corrected chi connectivity index (χ2v) is 7.92. The number of nitrogens with zero attached hydrogens (tertiary/aromatic N) is 3. The number of hydrogen-bond acceptors (Lipinski definition) is 6. The van der Waals surface area contributed by atoms with Gasteiger partial charge in [0.2, 0.25) is 0 Å². The van der Waals surface area contributed by atoms with Crippen LogP contribution in [0.4, 0.5) is 16.5 Å². The molecular weight excluding hydrogens is 408 g/mol. The fraction of sp³-hybridized carbons (Fsp3) is 0.238. The summed E-state index contributed by atoms with van der Waals surface area (Å²) >= 11 is 7.42. The summed E-state index contributed by atoms with van der Waals surface area (Å²) in [4.78, 5) is 21.4. The van der Waals surface area contributed by atoms with E-state index in [1.165, 1.54) is 11.3 Å². The summed E-state index contributed by atoms with van der Waals surface area (Å²) in [6, 6.07) is 15.4. The van der Waals surface area contributed by atoms with Crippen LogP contribution in [0.15, 0.2) is 53.9 Å². The summed E-state index contributed by atoms with van der Waals surface area (Å²) in [6.45, 7) is 2.80. The molecule has 1 aliphatic rings. The molecule has 0 unspecified atom stereocenters. The first kappa shape index (κ1) is 19.5. The van der Waals surface area contributed by atoms with Gasteiger partial charge in [0.25, 0.3) is 5.91 Å². The first-order chi connectivity index (χ1) is 14.1. The van der Waals surface area contributed by atoms with E-state index in [0.29, 0.717) is 28.9 Å². The van der Waals surface area contributed by atoms with Gasteiger partial charge in [0.1, 0.15) is 11.4 Å². The van der Waals surface area contributed by atoms with Gasteiger partial charge in [0, 0.05) is 42.3 Å². The van der Waals surface area contributed by atoms with Crippen LogP contribution in [0, 0.1) is 0 Å². The zero-order valence-corrected chi connectivity index (χ0v) is 17.5. The Labute approximate surface area is 178 Å². The van der Waals surface area contributed by atoms with Gasteiger partial charge >= 0.3 is 0 Å². The molecule has 6 nitrogen and oxygen atoms in total. The van der Waals surface area contributed by atoms with E-state index in [1.807, 2.05) is 53.4 Å². The maximum atomic E-state index is 12.9. The van der Waals surface area contributed by atoms with E-state index in [2.05, 4.69) is 15.2 Å². The monoisotopic (exact) mass is 428 g/mol. The molecule has 0 aliphatic carbocycles. The Hall–Kier alpha value is -2.77. The van der Waals surface area contributed by atoms with Crippen molar-refractivity contribution in [3.05, 3.63) is 64.6 Å². The number of piperazine rings is 1. The molecule has 1 amide bonds. The number of carbonyl (C=O) groups excluding carboxylic acids is 1. The summed E-state index contributed by atoms with van der Waals surface area (Å²) < 4.78 is 5.46. The van der Waals surface area contributed by atoms with Gasteiger partial charge in [-0.2, -0.15) is 0 Å². The number of para-hydroxylation sites is 2. The molecular formula is C21H21ClN4O2S. The zero-order chi connectivity index (χ0) is 20.2. The predicted molar refractivity (Wildman–Crippen MR) is 118 cm³/mol. The number of benzene rings is 2. The van der Waals surface area contributed by atoms with E-state index in [1.54, 1.807) is 12.5 Å². The van der Waals surface area contributed by atoms with Crippen molar-refractivity contribution in [2.24, 2.45) is 0 Å². The summed E-state index contributed by atoms with van der Waals surface area (Å²) in [5, 5.41) is 6.31. The third-order valence-corrected chi connectivity index (χ3v) is 5.78. The van der Waals surface area contributed by atoms with Crippen LogP contribution >= 0.6 is 22.9 Å². The minimum atomic E-state index is -0.0416. The van der Waals surface area contributed by atoms with Crippen LogP contribution in [0.2, 0.25) is 5.02 Å². The molecule has 1 saturated heterocycles. The number of halogens is 1. The molecule has 0 bridgehead atoms. The fourth-order valence-electron chi connectivity index (χ4n) is 3.32. The van der Waals surface area contributed by atoms with Crippen LogP contribution in [0.5, 0.6) is 5.75 Å². The highest BCUT2D eigenvalue weighted by Crippen LogP contribution is 2.29. The van der Waals surface area contributed by atoms with Gasteiger partial charge in [-0.15, -0.1) is 11.3 Å². The van der Waals surface area contributed by atoms with E-state index in [4.69, 9.17) is 16.3 Å². The minimum Gasteiger partial charge on any atom is -0.495 e. The number of nitrogens with one attached hydrogen (secondary N) is 1. The number of carbonyl (C=O) groups is 1. The molecule has 1 aromatic heterocycles. The average molecular weight is 429 g/mol. The number of amides is 1. The highest BCUT2D eigenvalue weighted by molar-refractivity contribution is 7.14. The Bertz CT molecular complexity index is 1000. The van der Waals surface area contributed by atoms with E-state index < -0.39 is 0 Å². The Morgan fingerprint density at radius 2 is 1.93 bits per heavy atom. The second kappa shape index (κ2) is 8.71. The van der Waals surface area contributed by atoms with Gasteiger partial charge in [-0.3, -0.25) is 4.79 Å². The number of aromatic nitrogens is 1. The van der Waals surface area contributed by atoms with Crippen LogP contribution in [0.3, 0.4) is 0 Å². The third kappa shape index (κ3) is 4.46. The molecule has 0 spiro atoms. The van der Waals surface area contributed by atoms with Gasteiger partial charge in [0.15, 0.2) is 5.13 Å². The SMILES string of the molecule is COc1ccccc1N1CCN(C(=O)c2csc(Nc3cccc(Cl)c3)n2)CC1. The van der Waals surface area contributed by atoms with Crippen molar-refractivity contribution in [2.75, 3.05) is 43.5 Å². The number of methoxy groups -OCH3 is 1. The van der Waals surface area contributed by atoms with Crippen molar-refractivity contribution in [2.45, 2.75) is 0 Å². The highest BCUT2D eigenvalue weighted by atomic mass is 35.5. The fourth-order valence-corrected chi connectivity index (χ4v) is 4.22. The van der Waals surface area contributed by atoms with Gasteiger partial charge in [0.05, 0.1) is 12.8 Å². The molecule has 1 aliphatic heterocycles. The molecule has 29 heavy (non-hydrogen) atoms. The maximum absolute atomic E-state index is 12.9. The number of thiazole rings is 1. The van der Waals surface area contributed by atoms with Crippen LogP contribution in [0.1, 0.15) is 10.5 Å². The van der Waals surface area contributed by atoms with E-state index >= 15 is 0 Å². The Kier molecular flexibility index (Phi) is 5.87. The lowest BCUT2D eigenvalue weighted by molar-refractivity contribution is 0.0741. The molecule has 0 atom stereocenters. The summed E-state index contributed by atoms with van der Waals surface area (Å²) in [6.07, 6.45) is 0. The molecule has 150 valence electrons. The maximum Gasteiger partial charge on any atom is 0.273 e. The highest BCUT2D eigenvalue weighted by Gasteiger charge is 2.25. The van der Waals surface area contributed by atoms with Crippen molar-refractivity contribution < 1.29 is 9.53 Å². The van der Waals surface area contributed by atoms with Crippen molar-refractivity contribution in [1.82, 2.24) is 9.88 Å². The molecule has 2 aromatic carbocycles. The lowest BCUT2D eigenvalue weighted by Crippen LogP contribution is -2.49. The number of anilines is 3. The molecule has 4 rings (SSSR count). The Balaban J connectivity index is 1.38. The van der Waals surface area contributed by atoms with Crippen molar-refractivity contribution in [3.8, 4) is 5.75 Å². The molecule has 1 N–H and O–H groups in total. The van der Waals surface area contributed by atoms with Crippen LogP contribution in [-0.4, -0.2) is 49.1 Å². The van der Waals surface area contributed by atoms with Crippen LogP contribution in [-0.2, 0) is 0 Å². The Morgan fingerprint density at radius 1 is 1.14 bits per heavy atom. The average Bonchev–Trinajstić information content (AvgIpc) is 3.22. The predicted octanol–water partition coefficient (Wildman–Crippen LogP) is 4.51. The van der Waals surface area contributed by atoms with E-state index in [-0.39, 0.29) is 5.91 Å². The minimum absolute atomic E-state index is 0.0416. The molecule has 0 saturated carbocycles. The van der Waals surface area contributed by atoms with Crippen LogP contribution in [0.25, 0.3) is 0 Å². The smallest absolute Gasteiger partial charge is 0.273 e. The summed E-state index contributed by atoms with van der Waals surface area (Å²) in [7, 11) is 1.68. The molecule has 1 fully saturated rings. The Morgan fingerprint density at radius 3 is 2.69 bits per heavy atom. The molecule has 3 aromatic rings. The second-order valence-electron chi connectivity index (χ2n) is 6.62. The van der Waals surface area contributed by atoms with Crippen molar-refractivity contribution >= 4 is 45.4 Å². The van der Waals surface area contributed by atoms with E-state index in [9.17, 15) is 4.79 Å². The summed E-state index contributed by atoms with van der Waals surface area (Å²) in [5.74, 6) is 0.809. The van der Waals surface area contributed by atoms with Crippen molar-refractivity contribution in [3.63, 3.8) is 0 Å². The van der Waals surface area contributed by atoms with Gasteiger partial charge < -0.3 is 19.9 Å². The van der Waals surface area contributed by atoms with Gasteiger partial charge in [-0.1, -0.05) is 29.8 Å². The third-order valence-electron chi connectivity index (χ3n) is 4.79. The first-order valence-corrected chi connectivity index (χ1v) is 10.5. The molecule has 2 heterocycles. The van der Waals surface area contributed by atoms with Crippen LogP contribution < -0.4 is 15.0 Å². The topological polar surface area (TPSA) is 57.7 Å². The number of hydrogen-bond donors (Lipinski definition) is 1. The van der Waals surface area contributed by atoms with Gasteiger partial charge in [-0.05, 0) is 30.3 Å². The zero-order valence-electron chi connectivity index (χ0n) is 16.0. The number of rotatable bonds is 5. The number of ether oxygens (including phenoxy) is 1. The summed E-state index contributed by atoms with van der Waals surface area (Å²) in [5.41, 5.74) is 2.37. The quantitative estimate of drug-likeness (QED) is 0.647. The largest absolute Gasteiger partial charge is 0.495 e. The lowest BCUT2D eigenvalue weighted by Gasteiger charge is -2.36. The standard InChI is InChI=1S/C21H21ClN4O2S/c1-28-19-8-3-2-7-18(19)25-9-11-26(12-10-25)20(27)17-14-29-21(24-17)23-16-6-4-5-15(22)13-16/h2-8,13-14H,9-12H2,1H3,(H,23,24). The van der Waals surface area contributed by atoms with Gasteiger partial charge in [-0.25, -0.2) is 4.98 Å². The van der Waals surface area contributed by atoms with E-state index in [0.717, 1.165) is 30.2 Å².